The minimum Gasteiger partial charge on any atom is -0.374 e. The van der Waals surface area contributed by atoms with Crippen LogP contribution in [0.2, 0.25) is 0 Å². The largest absolute Gasteiger partial charge is 0.374 e. The lowest BCUT2D eigenvalue weighted by atomic mass is 10.1. The van der Waals surface area contributed by atoms with Gasteiger partial charge in [0.1, 0.15) is 0 Å². The van der Waals surface area contributed by atoms with E-state index in [1.54, 1.807) is 0 Å². The lowest BCUT2D eigenvalue weighted by molar-refractivity contribution is 0.0508. The van der Waals surface area contributed by atoms with Gasteiger partial charge in [0.25, 0.3) is 0 Å². The summed E-state index contributed by atoms with van der Waals surface area (Å²) in [5, 5.41) is 3.41. The van der Waals surface area contributed by atoms with Gasteiger partial charge in [0.05, 0.1) is 12.7 Å². The fraction of sp³-hybridized carbons (Fsp3) is 0.600. The summed E-state index contributed by atoms with van der Waals surface area (Å²) in [6.45, 7) is 9.20. The van der Waals surface area contributed by atoms with E-state index in [2.05, 4.69) is 50.4 Å². The molecule has 1 unspecified atom stereocenters. The molecular weight excluding hydrogens is 210 g/mol. The van der Waals surface area contributed by atoms with Crippen LogP contribution in [0.3, 0.4) is 0 Å². The molecular formula is C15H25NO. The molecule has 0 saturated heterocycles. The van der Waals surface area contributed by atoms with Gasteiger partial charge in [-0.2, -0.15) is 0 Å². The Balaban J connectivity index is 2.42. The number of hydrogen-bond acceptors (Lipinski definition) is 2. The zero-order valence-electron chi connectivity index (χ0n) is 11.3. The normalized spacial score (nSPS) is 12.6. The monoisotopic (exact) mass is 235 g/mol. The molecule has 0 aliphatic heterocycles. The van der Waals surface area contributed by atoms with Crippen molar-refractivity contribution in [2.45, 2.75) is 52.9 Å². The maximum Gasteiger partial charge on any atom is 0.0720 e. The molecule has 0 fully saturated rings. The Labute approximate surface area is 105 Å². The molecule has 1 N–H and O–H groups in total. The zero-order valence-corrected chi connectivity index (χ0v) is 11.3. The highest BCUT2D eigenvalue weighted by molar-refractivity contribution is 5.22. The van der Waals surface area contributed by atoms with Crippen LogP contribution < -0.4 is 5.32 Å². The SMILES string of the molecule is CCCNCc1cccc(COC(C)CC)c1. The Morgan fingerprint density at radius 1 is 1.24 bits per heavy atom. The molecule has 0 aromatic heterocycles. The third kappa shape index (κ3) is 5.85. The van der Waals surface area contributed by atoms with Crippen molar-refractivity contribution in [3.63, 3.8) is 0 Å². The first-order valence-corrected chi connectivity index (χ1v) is 6.66. The fourth-order valence-corrected chi connectivity index (χ4v) is 1.60. The van der Waals surface area contributed by atoms with Crippen LogP contribution in [0.1, 0.15) is 44.7 Å². The molecule has 17 heavy (non-hydrogen) atoms. The van der Waals surface area contributed by atoms with Crippen molar-refractivity contribution < 1.29 is 4.74 Å². The minimum atomic E-state index is 0.344. The van der Waals surface area contributed by atoms with Gasteiger partial charge >= 0.3 is 0 Å². The number of nitrogens with one attached hydrogen (secondary N) is 1. The second-order valence-electron chi connectivity index (χ2n) is 4.53. The van der Waals surface area contributed by atoms with Crippen LogP contribution in [0.4, 0.5) is 0 Å². The molecule has 0 saturated carbocycles. The molecule has 1 aromatic rings. The molecule has 1 aromatic carbocycles. The predicted octanol–water partition coefficient (Wildman–Crippen LogP) is 3.50. The highest BCUT2D eigenvalue weighted by atomic mass is 16.5. The third-order valence-corrected chi connectivity index (χ3v) is 2.86. The van der Waals surface area contributed by atoms with Gasteiger partial charge in [0.15, 0.2) is 0 Å². The van der Waals surface area contributed by atoms with E-state index in [9.17, 15) is 0 Å². The standard InChI is InChI=1S/C15H25NO/c1-4-9-16-11-14-7-6-8-15(10-14)12-17-13(3)5-2/h6-8,10,13,16H,4-5,9,11-12H2,1-3H3. The van der Waals surface area contributed by atoms with Gasteiger partial charge in [-0.1, -0.05) is 38.1 Å². The van der Waals surface area contributed by atoms with Crippen molar-refractivity contribution in [3.8, 4) is 0 Å². The molecule has 2 nitrogen and oxygen atoms in total. The van der Waals surface area contributed by atoms with E-state index in [1.165, 1.54) is 17.5 Å². The van der Waals surface area contributed by atoms with Gasteiger partial charge in [0.2, 0.25) is 0 Å². The molecule has 1 atom stereocenters. The van der Waals surface area contributed by atoms with Crippen molar-refractivity contribution in [3.05, 3.63) is 35.4 Å². The Morgan fingerprint density at radius 2 is 2.00 bits per heavy atom. The van der Waals surface area contributed by atoms with Crippen molar-refractivity contribution in [2.75, 3.05) is 6.54 Å². The zero-order chi connectivity index (χ0) is 12.5. The molecule has 0 spiro atoms. The molecule has 1 rings (SSSR count). The highest BCUT2D eigenvalue weighted by Crippen LogP contribution is 2.08. The third-order valence-electron chi connectivity index (χ3n) is 2.86. The Morgan fingerprint density at radius 3 is 2.71 bits per heavy atom. The highest BCUT2D eigenvalue weighted by Gasteiger charge is 2.00. The van der Waals surface area contributed by atoms with Crippen LogP contribution in [0.25, 0.3) is 0 Å². The predicted molar refractivity (Wildman–Crippen MR) is 73.0 cm³/mol. The summed E-state index contributed by atoms with van der Waals surface area (Å²) in [5.41, 5.74) is 2.60. The Kier molecular flexibility index (Phi) is 6.90. The summed E-state index contributed by atoms with van der Waals surface area (Å²) in [4.78, 5) is 0. The van der Waals surface area contributed by atoms with Crippen molar-refractivity contribution in [1.29, 1.82) is 0 Å². The fourth-order valence-electron chi connectivity index (χ4n) is 1.60. The van der Waals surface area contributed by atoms with Gasteiger partial charge in [-0.05, 0) is 37.4 Å². The maximum absolute atomic E-state index is 5.74. The molecule has 0 radical (unpaired) electrons. The van der Waals surface area contributed by atoms with Gasteiger partial charge in [-0.25, -0.2) is 0 Å². The Bertz CT molecular complexity index is 312. The van der Waals surface area contributed by atoms with E-state index in [1.807, 2.05) is 0 Å². The lowest BCUT2D eigenvalue weighted by Gasteiger charge is -2.11. The summed E-state index contributed by atoms with van der Waals surface area (Å²) in [5.74, 6) is 0. The summed E-state index contributed by atoms with van der Waals surface area (Å²) < 4.78 is 5.74. The van der Waals surface area contributed by atoms with Crippen molar-refractivity contribution in [1.82, 2.24) is 5.32 Å². The Hall–Kier alpha value is -0.860. The van der Waals surface area contributed by atoms with Gasteiger partial charge < -0.3 is 10.1 Å². The summed E-state index contributed by atoms with van der Waals surface area (Å²) in [7, 11) is 0. The number of benzene rings is 1. The smallest absolute Gasteiger partial charge is 0.0720 e. The average molecular weight is 235 g/mol. The maximum atomic E-state index is 5.74. The van der Waals surface area contributed by atoms with E-state index in [0.29, 0.717) is 6.10 Å². The first-order valence-electron chi connectivity index (χ1n) is 6.66. The van der Waals surface area contributed by atoms with Crippen LogP contribution in [0.5, 0.6) is 0 Å². The second kappa shape index (κ2) is 8.26. The number of hydrogen-bond donors (Lipinski definition) is 1. The van der Waals surface area contributed by atoms with E-state index in [-0.39, 0.29) is 0 Å². The van der Waals surface area contributed by atoms with Crippen LogP contribution in [-0.2, 0) is 17.9 Å². The van der Waals surface area contributed by atoms with E-state index in [0.717, 1.165) is 26.1 Å². The quantitative estimate of drug-likeness (QED) is 0.696. The summed E-state index contributed by atoms with van der Waals surface area (Å²) >= 11 is 0. The van der Waals surface area contributed by atoms with E-state index >= 15 is 0 Å². The first kappa shape index (κ1) is 14.2. The van der Waals surface area contributed by atoms with Crippen molar-refractivity contribution in [2.24, 2.45) is 0 Å². The minimum absolute atomic E-state index is 0.344. The van der Waals surface area contributed by atoms with Crippen molar-refractivity contribution >= 4 is 0 Å². The molecule has 2 heteroatoms. The topological polar surface area (TPSA) is 21.3 Å². The average Bonchev–Trinajstić information content (AvgIpc) is 2.37. The second-order valence-corrected chi connectivity index (χ2v) is 4.53. The van der Waals surface area contributed by atoms with Crippen LogP contribution in [0.15, 0.2) is 24.3 Å². The lowest BCUT2D eigenvalue weighted by Crippen LogP contribution is -2.14. The molecule has 96 valence electrons. The molecule has 0 bridgehead atoms. The van der Waals surface area contributed by atoms with Gasteiger partial charge in [-0.15, -0.1) is 0 Å². The first-order chi connectivity index (χ1) is 8.26. The molecule has 0 aliphatic carbocycles. The van der Waals surface area contributed by atoms with Crippen LogP contribution in [-0.4, -0.2) is 12.6 Å². The molecule has 0 aliphatic rings. The van der Waals surface area contributed by atoms with Crippen LogP contribution >= 0.6 is 0 Å². The van der Waals surface area contributed by atoms with Gasteiger partial charge in [-0.3, -0.25) is 0 Å². The summed E-state index contributed by atoms with van der Waals surface area (Å²) in [6, 6.07) is 8.63. The van der Waals surface area contributed by atoms with E-state index < -0.39 is 0 Å². The summed E-state index contributed by atoms with van der Waals surface area (Å²) in [6.07, 6.45) is 2.59. The van der Waals surface area contributed by atoms with E-state index in [4.69, 9.17) is 4.74 Å². The van der Waals surface area contributed by atoms with Crippen LogP contribution in [0, 0.1) is 0 Å². The number of ether oxygens (including phenoxy) is 1. The number of rotatable bonds is 8. The van der Waals surface area contributed by atoms with Gasteiger partial charge in [0, 0.05) is 6.54 Å². The molecule has 0 heterocycles. The molecule has 0 amide bonds.